The van der Waals surface area contributed by atoms with E-state index in [1.165, 1.54) is 43.9 Å². The highest BCUT2D eigenvalue weighted by Gasteiger charge is 2.32. The molecule has 5 nitrogen and oxygen atoms in total. The van der Waals surface area contributed by atoms with Crippen LogP contribution in [0.1, 0.15) is 44.1 Å². The Hall–Kier alpha value is -1.57. The van der Waals surface area contributed by atoms with E-state index in [0.29, 0.717) is 32.5 Å². The van der Waals surface area contributed by atoms with Crippen molar-refractivity contribution < 1.29 is 19.4 Å². The number of thioether (sulfide) groups is 1. The molecule has 1 aromatic carbocycles. The van der Waals surface area contributed by atoms with Gasteiger partial charge in [0.2, 0.25) is 0 Å². The van der Waals surface area contributed by atoms with Gasteiger partial charge in [-0.05, 0) is 36.1 Å². The third kappa shape index (κ3) is 5.49. The third-order valence-corrected chi connectivity index (χ3v) is 6.64. The van der Waals surface area contributed by atoms with Crippen LogP contribution in [0.2, 0.25) is 5.02 Å². The van der Waals surface area contributed by atoms with Gasteiger partial charge < -0.3 is 9.84 Å². The van der Waals surface area contributed by atoms with Crippen molar-refractivity contribution in [1.29, 1.82) is 0 Å². The van der Waals surface area contributed by atoms with Gasteiger partial charge in [0.05, 0.1) is 9.93 Å². The van der Waals surface area contributed by atoms with Crippen molar-refractivity contribution >= 4 is 57.9 Å². The molecule has 1 aliphatic carbocycles. The van der Waals surface area contributed by atoms with E-state index in [2.05, 4.69) is 0 Å². The first kappa shape index (κ1) is 21.1. The summed E-state index contributed by atoms with van der Waals surface area (Å²) in [5.74, 6) is -0.147. The third-order valence-electron chi connectivity index (χ3n) is 4.96. The topological polar surface area (TPSA) is 66.8 Å². The van der Waals surface area contributed by atoms with Crippen LogP contribution in [0.15, 0.2) is 23.1 Å². The van der Waals surface area contributed by atoms with Crippen molar-refractivity contribution in [3.8, 4) is 5.75 Å². The molecule has 1 saturated carbocycles. The molecule has 0 aromatic heterocycles. The zero-order valence-electron chi connectivity index (χ0n) is 15.4. The van der Waals surface area contributed by atoms with Crippen LogP contribution in [-0.2, 0) is 9.59 Å². The maximum absolute atomic E-state index is 12.7. The van der Waals surface area contributed by atoms with Crippen LogP contribution >= 0.6 is 35.6 Å². The van der Waals surface area contributed by atoms with Gasteiger partial charge in [-0.2, -0.15) is 0 Å². The summed E-state index contributed by atoms with van der Waals surface area (Å²) in [5, 5.41) is 8.98. The Morgan fingerprint density at radius 1 is 1.36 bits per heavy atom. The molecule has 28 heavy (non-hydrogen) atoms. The van der Waals surface area contributed by atoms with E-state index in [0.717, 1.165) is 12.0 Å². The number of hydrogen-bond acceptors (Lipinski definition) is 5. The smallest absolute Gasteiger partial charge is 0.341 e. The van der Waals surface area contributed by atoms with Crippen LogP contribution in [0.5, 0.6) is 5.75 Å². The van der Waals surface area contributed by atoms with Crippen molar-refractivity contribution in [3.05, 3.63) is 33.7 Å². The number of carbonyl (C=O) groups excluding carboxylic acids is 1. The second kappa shape index (κ2) is 9.76. The molecule has 2 aliphatic rings. The summed E-state index contributed by atoms with van der Waals surface area (Å²) in [5.41, 5.74) is 0.737. The van der Waals surface area contributed by atoms with Crippen LogP contribution < -0.4 is 4.74 Å². The Morgan fingerprint density at radius 2 is 2.11 bits per heavy atom. The van der Waals surface area contributed by atoms with Gasteiger partial charge in [-0.3, -0.25) is 9.69 Å². The number of thiocarbonyl (C=S) groups is 1. The van der Waals surface area contributed by atoms with Crippen LogP contribution in [0.4, 0.5) is 0 Å². The minimum atomic E-state index is -1.07. The first-order chi connectivity index (χ1) is 13.4. The quantitative estimate of drug-likeness (QED) is 0.477. The summed E-state index contributed by atoms with van der Waals surface area (Å²) >= 11 is 12.9. The number of carboxylic acid groups (broad SMARTS) is 1. The summed E-state index contributed by atoms with van der Waals surface area (Å²) in [7, 11) is 0. The number of carbonyl (C=O) groups is 2. The van der Waals surface area contributed by atoms with E-state index in [1.807, 2.05) is 0 Å². The van der Waals surface area contributed by atoms with Crippen molar-refractivity contribution in [2.75, 3.05) is 13.2 Å². The molecule has 2 fully saturated rings. The number of benzene rings is 1. The highest BCUT2D eigenvalue weighted by molar-refractivity contribution is 8.26. The molecule has 1 saturated heterocycles. The number of ether oxygens (including phenoxy) is 1. The van der Waals surface area contributed by atoms with Crippen molar-refractivity contribution in [2.45, 2.75) is 38.5 Å². The Kier molecular flexibility index (Phi) is 7.37. The molecule has 0 bridgehead atoms. The number of hydrogen-bond donors (Lipinski definition) is 1. The highest BCUT2D eigenvalue weighted by Crippen LogP contribution is 2.35. The molecule has 0 unspecified atom stereocenters. The van der Waals surface area contributed by atoms with E-state index >= 15 is 0 Å². The number of carboxylic acids is 1. The van der Waals surface area contributed by atoms with Gasteiger partial charge >= 0.3 is 5.97 Å². The SMILES string of the molecule is O=C(O)COc1ccc(/C=C2\SC(=S)N(CCC3CCCCC3)C2=O)cc1Cl. The monoisotopic (exact) mass is 439 g/mol. The number of nitrogens with zero attached hydrogens (tertiary/aromatic N) is 1. The fourth-order valence-electron chi connectivity index (χ4n) is 3.50. The minimum absolute atomic E-state index is 0.0619. The van der Waals surface area contributed by atoms with Crippen LogP contribution in [0, 0.1) is 5.92 Å². The van der Waals surface area contributed by atoms with Gasteiger partial charge in [0.25, 0.3) is 5.91 Å². The first-order valence-electron chi connectivity index (χ1n) is 9.33. The van der Waals surface area contributed by atoms with Gasteiger partial charge in [-0.1, -0.05) is 73.8 Å². The van der Waals surface area contributed by atoms with E-state index in [1.54, 1.807) is 29.2 Å². The largest absolute Gasteiger partial charge is 0.480 e. The number of rotatable bonds is 7. The molecule has 0 radical (unpaired) electrons. The van der Waals surface area contributed by atoms with Gasteiger partial charge in [0.15, 0.2) is 6.61 Å². The lowest BCUT2D eigenvalue weighted by atomic mass is 9.87. The standard InChI is InChI=1S/C20H22ClNO4S2/c21-15-10-14(6-7-16(15)26-12-18(23)24)11-17-19(25)22(20(27)28-17)9-8-13-4-2-1-3-5-13/h6-7,10-11,13H,1-5,8-9,12H2,(H,23,24)/b17-11-. The maximum Gasteiger partial charge on any atom is 0.341 e. The highest BCUT2D eigenvalue weighted by atomic mass is 35.5. The molecule has 1 aromatic rings. The lowest BCUT2D eigenvalue weighted by molar-refractivity contribution is -0.139. The second-order valence-electron chi connectivity index (χ2n) is 7.00. The van der Waals surface area contributed by atoms with E-state index in [4.69, 9.17) is 33.7 Å². The lowest BCUT2D eigenvalue weighted by Gasteiger charge is -2.23. The zero-order chi connectivity index (χ0) is 20.1. The predicted molar refractivity (Wildman–Crippen MR) is 116 cm³/mol. The maximum atomic E-state index is 12.7. The predicted octanol–water partition coefficient (Wildman–Crippen LogP) is 4.98. The van der Waals surface area contributed by atoms with Gasteiger partial charge in [-0.15, -0.1) is 0 Å². The minimum Gasteiger partial charge on any atom is -0.480 e. The second-order valence-corrected chi connectivity index (χ2v) is 9.08. The van der Waals surface area contributed by atoms with Crippen LogP contribution in [0.25, 0.3) is 6.08 Å². The Balaban J connectivity index is 1.63. The van der Waals surface area contributed by atoms with Gasteiger partial charge in [-0.25, -0.2) is 4.79 Å². The molecular formula is C20H22ClNO4S2. The first-order valence-corrected chi connectivity index (χ1v) is 10.9. The van der Waals surface area contributed by atoms with Gasteiger partial charge in [0, 0.05) is 6.54 Å². The number of halogens is 1. The van der Waals surface area contributed by atoms with E-state index < -0.39 is 12.6 Å². The van der Waals surface area contributed by atoms with Crippen molar-refractivity contribution in [3.63, 3.8) is 0 Å². The molecule has 0 spiro atoms. The average molecular weight is 440 g/mol. The summed E-state index contributed by atoms with van der Waals surface area (Å²) in [6, 6.07) is 4.98. The molecule has 1 N–H and O–H groups in total. The zero-order valence-corrected chi connectivity index (χ0v) is 17.7. The Labute approximate surface area is 179 Å². The van der Waals surface area contributed by atoms with E-state index in [9.17, 15) is 9.59 Å². The lowest BCUT2D eigenvalue weighted by Crippen LogP contribution is -2.30. The molecule has 8 heteroatoms. The summed E-state index contributed by atoms with van der Waals surface area (Å²) in [4.78, 5) is 25.6. The fourth-order valence-corrected chi connectivity index (χ4v) is 5.05. The van der Waals surface area contributed by atoms with Crippen molar-refractivity contribution in [2.24, 2.45) is 5.92 Å². The Morgan fingerprint density at radius 3 is 2.79 bits per heavy atom. The van der Waals surface area contributed by atoms with Gasteiger partial charge in [0.1, 0.15) is 10.1 Å². The molecule has 1 amide bonds. The molecule has 1 heterocycles. The summed E-state index contributed by atoms with van der Waals surface area (Å²) < 4.78 is 5.71. The molecule has 1 aliphatic heterocycles. The summed E-state index contributed by atoms with van der Waals surface area (Å²) in [6.07, 6.45) is 9.15. The van der Waals surface area contributed by atoms with Crippen LogP contribution in [-0.4, -0.2) is 39.4 Å². The fraction of sp³-hybridized carbons (Fsp3) is 0.450. The average Bonchev–Trinajstić information content (AvgIpc) is 2.93. The number of aliphatic carboxylic acids is 1. The molecule has 0 atom stereocenters. The van der Waals surface area contributed by atoms with E-state index in [-0.39, 0.29) is 5.91 Å². The van der Waals surface area contributed by atoms with Crippen LogP contribution in [0.3, 0.4) is 0 Å². The number of amides is 1. The molecular weight excluding hydrogens is 418 g/mol. The normalized spacial score (nSPS) is 19.5. The molecule has 3 rings (SSSR count). The Bertz CT molecular complexity index is 805. The molecule has 150 valence electrons. The summed E-state index contributed by atoms with van der Waals surface area (Å²) in [6.45, 7) is 0.216. The van der Waals surface area contributed by atoms with Crippen molar-refractivity contribution in [1.82, 2.24) is 4.90 Å².